The molecule has 0 saturated carbocycles. The van der Waals surface area contributed by atoms with Crippen molar-refractivity contribution < 1.29 is 0 Å². The minimum atomic E-state index is 0.443. The van der Waals surface area contributed by atoms with Gasteiger partial charge in [-0.25, -0.2) is 0 Å². The van der Waals surface area contributed by atoms with E-state index in [0.29, 0.717) is 6.04 Å². The summed E-state index contributed by atoms with van der Waals surface area (Å²) in [5.74, 6) is 0. The summed E-state index contributed by atoms with van der Waals surface area (Å²) in [7, 11) is 0. The third-order valence-corrected chi connectivity index (χ3v) is 3.09. The molecule has 1 atom stereocenters. The molecule has 1 aliphatic heterocycles. The molecule has 1 N–H and O–H groups in total. The van der Waals surface area contributed by atoms with Crippen molar-refractivity contribution >= 4 is 11.6 Å². The summed E-state index contributed by atoms with van der Waals surface area (Å²) in [6, 6.07) is 11.0. The molecule has 16 heavy (non-hydrogen) atoms. The molecular formula is C13H17ClN2. The molecule has 0 amide bonds. The van der Waals surface area contributed by atoms with Gasteiger partial charge in [-0.05, 0) is 5.56 Å². The number of nitrogens with one attached hydrogen (secondary N) is 1. The molecule has 1 unspecified atom stereocenters. The van der Waals surface area contributed by atoms with Crippen LogP contribution >= 0.6 is 11.6 Å². The normalized spacial score (nSPS) is 22.7. The van der Waals surface area contributed by atoms with E-state index >= 15 is 0 Å². The molecule has 1 aliphatic rings. The summed E-state index contributed by atoms with van der Waals surface area (Å²) >= 11 is 5.55. The van der Waals surface area contributed by atoms with Crippen molar-refractivity contribution in [3.8, 4) is 0 Å². The molecule has 1 aromatic rings. The predicted molar refractivity (Wildman–Crippen MR) is 68.6 cm³/mol. The molecule has 1 saturated heterocycles. The van der Waals surface area contributed by atoms with E-state index in [-0.39, 0.29) is 0 Å². The molecule has 3 heteroatoms. The monoisotopic (exact) mass is 236 g/mol. The number of piperazine rings is 1. The molecule has 1 fully saturated rings. The molecular weight excluding hydrogens is 220 g/mol. The van der Waals surface area contributed by atoms with Gasteiger partial charge in [0.2, 0.25) is 0 Å². The molecule has 2 rings (SSSR count). The van der Waals surface area contributed by atoms with Gasteiger partial charge in [-0.15, -0.1) is 0 Å². The molecule has 0 spiro atoms. The first-order valence-corrected chi connectivity index (χ1v) is 6.09. The zero-order valence-corrected chi connectivity index (χ0v) is 10.0. The fraction of sp³-hybridized carbons (Fsp3) is 0.385. The van der Waals surface area contributed by atoms with E-state index < -0.39 is 0 Å². The van der Waals surface area contributed by atoms with Crippen LogP contribution in [0.25, 0.3) is 0 Å². The van der Waals surface area contributed by atoms with Crippen LogP contribution < -0.4 is 5.32 Å². The van der Waals surface area contributed by atoms with E-state index in [4.69, 9.17) is 11.6 Å². The summed E-state index contributed by atoms with van der Waals surface area (Å²) < 4.78 is 0. The van der Waals surface area contributed by atoms with Crippen LogP contribution in [0.2, 0.25) is 0 Å². The van der Waals surface area contributed by atoms with E-state index in [1.54, 1.807) is 5.54 Å². The van der Waals surface area contributed by atoms with E-state index in [1.165, 1.54) is 5.56 Å². The van der Waals surface area contributed by atoms with Crippen LogP contribution in [0.4, 0.5) is 0 Å². The molecule has 0 aliphatic carbocycles. The Morgan fingerprint density at radius 2 is 2.19 bits per heavy atom. The van der Waals surface area contributed by atoms with Crippen LogP contribution in [0.15, 0.2) is 41.9 Å². The zero-order valence-electron chi connectivity index (χ0n) is 9.27. The van der Waals surface area contributed by atoms with E-state index in [1.807, 2.05) is 6.08 Å². The summed E-state index contributed by atoms with van der Waals surface area (Å²) in [4.78, 5) is 2.41. The third kappa shape index (κ3) is 3.08. The quantitative estimate of drug-likeness (QED) is 0.867. The Hall–Kier alpha value is -0.830. The van der Waals surface area contributed by atoms with Crippen molar-refractivity contribution in [2.75, 3.05) is 26.2 Å². The fourth-order valence-corrected chi connectivity index (χ4v) is 2.15. The molecule has 0 aromatic heterocycles. The Labute approximate surface area is 102 Å². The highest BCUT2D eigenvalue weighted by molar-refractivity contribution is 6.25. The van der Waals surface area contributed by atoms with Gasteiger partial charge >= 0.3 is 0 Å². The molecule has 86 valence electrons. The SMILES string of the molecule is Cl/C=C/CN1CCNC(c2ccccc2)C1. The van der Waals surface area contributed by atoms with Gasteiger partial charge in [-0.2, -0.15) is 0 Å². The maximum Gasteiger partial charge on any atom is 0.0449 e. The van der Waals surface area contributed by atoms with Crippen molar-refractivity contribution in [3.63, 3.8) is 0 Å². The molecule has 2 nitrogen and oxygen atoms in total. The topological polar surface area (TPSA) is 15.3 Å². The minimum absolute atomic E-state index is 0.443. The maximum atomic E-state index is 5.55. The number of halogens is 1. The predicted octanol–water partition coefficient (Wildman–Crippen LogP) is 2.39. The Morgan fingerprint density at radius 1 is 1.38 bits per heavy atom. The minimum Gasteiger partial charge on any atom is -0.308 e. The second-order valence-corrected chi connectivity index (χ2v) is 4.29. The lowest BCUT2D eigenvalue weighted by molar-refractivity contribution is 0.219. The molecule has 1 heterocycles. The van der Waals surface area contributed by atoms with E-state index in [9.17, 15) is 0 Å². The van der Waals surface area contributed by atoms with E-state index in [2.05, 4.69) is 40.5 Å². The van der Waals surface area contributed by atoms with Gasteiger partial charge in [0.15, 0.2) is 0 Å². The van der Waals surface area contributed by atoms with Crippen molar-refractivity contribution in [1.29, 1.82) is 0 Å². The number of hydrogen-bond donors (Lipinski definition) is 1. The van der Waals surface area contributed by atoms with Crippen LogP contribution in [-0.4, -0.2) is 31.1 Å². The summed E-state index contributed by atoms with van der Waals surface area (Å²) in [5.41, 5.74) is 2.96. The van der Waals surface area contributed by atoms with Gasteiger partial charge < -0.3 is 5.32 Å². The number of nitrogens with zero attached hydrogens (tertiary/aromatic N) is 1. The molecule has 0 radical (unpaired) electrons. The average Bonchev–Trinajstić information content (AvgIpc) is 2.38. The Balaban J connectivity index is 1.96. The first-order valence-electron chi connectivity index (χ1n) is 5.66. The average molecular weight is 237 g/mol. The lowest BCUT2D eigenvalue weighted by Gasteiger charge is -2.33. The number of hydrogen-bond acceptors (Lipinski definition) is 2. The summed E-state index contributed by atoms with van der Waals surface area (Å²) in [6.45, 7) is 4.11. The Morgan fingerprint density at radius 3 is 2.94 bits per heavy atom. The van der Waals surface area contributed by atoms with Crippen molar-refractivity contribution in [2.45, 2.75) is 6.04 Å². The van der Waals surface area contributed by atoms with Crippen LogP contribution in [0, 0.1) is 0 Å². The first kappa shape index (κ1) is 11.6. The van der Waals surface area contributed by atoms with Gasteiger partial charge in [0.1, 0.15) is 0 Å². The number of benzene rings is 1. The van der Waals surface area contributed by atoms with Gasteiger partial charge in [-0.3, -0.25) is 4.90 Å². The van der Waals surface area contributed by atoms with Crippen LogP contribution in [0.5, 0.6) is 0 Å². The van der Waals surface area contributed by atoms with Gasteiger partial charge in [0.05, 0.1) is 0 Å². The number of rotatable bonds is 3. The fourth-order valence-electron chi connectivity index (χ4n) is 2.07. The second-order valence-electron chi connectivity index (χ2n) is 4.04. The zero-order chi connectivity index (χ0) is 11.2. The second kappa shape index (κ2) is 6.04. The van der Waals surface area contributed by atoms with Gasteiger partial charge in [-0.1, -0.05) is 48.0 Å². The van der Waals surface area contributed by atoms with Crippen molar-refractivity contribution in [1.82, 2.24) is 10.2 Å². The van der Waals surface area contributed by atoms with E-state index in [0.717, 1.165) is 26.2 Å². The highest BCUT2D eigenvalue weighted by atomic mass is 35.5. The molecule has 1 aromatic carbocycles. The Kier molecular flexibility index (Phi) is 4.40. The summed E-state index contributed by atoms with van der Waals surface area (Å²) in [5, 5.41) is 3.54. The summed E-state index contributed by atoms with van der Waals surface area (Å²) in [6.07, 6.45) is 1.99. The smallest absolute Gasteiger partial charge is 0.0449 e. The van der Waals surface area contributed by atoms with Gasteiger partial charge in [0.25, 0.3) is 0 Å². The largest absolute Gasteiger partial charge is 0.308 e. The van der Waals surface area contributed by atoms with Crippen LogP contribution in [-0.2, 0) is 0 Å². The van der Waals surface area contributed by atoms with Crippen molar-refractivity contribution in [2.24, 2.45) is 0 Å². The molecule has 0 bridgehead atoms. The standard InChI is InChI=1S/C13H17ClN2/c14-7-4-9-16-10-8-15-13(11-16)12-5-2-1-3-6-12/h1-7,13,15H,8-11H2/b7-4+. The highest BCUT2D eigenvalue weighted by Gasteiger charge is 2.19. The van der Waals surface area contributed by atoms with Gasteiger partial charge in [0, 0.05) is 37.8 Å². The lowest BCUT2D eigenvalue weighted by Crippen LogP contribution is -2.45. The lowest BCUT2D eigenvalue weighted by atomic mass is 10.0. The van der Waals surface area contributed by atoms with Crippen LogP contribution in [0.1, 0.15) is 11.6 Å². The highest BCUT2D eigenvalue weighted by Crippen LogP contribution is 2.16. The third-order valence-electron chi connectivity index (χ3n) is 2.91. The maximum absolute atomic E-state index is 5.55. The van der Waals surface area contributed by atoms with Crippen molar-refractivity contribution in [3.05, 3.63) is 47.5 Å². The Bertz CT molecular complexity index is 337. The van der Waals surface area contributed by atoms with Crippen LogP contribution in [0.3, 0.4) is 0 Å². The first-order chi connectivity index (χ1) is 7.90.